The Kier molecular flexibility index (Phi) is 5.17. The molecule has 0 unspecified atom stereocenters. The molecule has 8 heteroatoms. The third kappa shape index (κ3) is 3.45. The number of carboxylic acid groups (broad SMARTS) is 1. The fraction of sp³-hybridized carbons (Fsp3) is 0.385. The van der Waals surface area contributed by atoms with Crippen molar-refractivity contribution in [2.45, 2.75) is 32.2 Å². The summed E-state index contributed by atoms with van der Waals surface area (Å²) in [5, 5.41) is 13.3. The van der Waals surface area contributed by atoms with Crippen LogP contribution in [-0.4, -0.2) is 22.6 Å². The van der Waals surface area contributed by atoms with E-state index in [0.717, 1.165) is 6.07 Å². The monoisotopic (exact) mass is 304 g/mol. The molecular formula is C13H15F3N2O3. The summed E-state index contributed by atoms with van der Waals surface area (Å²) >= 11 is 0. The Labute approximate surface area is 119 Å². The van der Waals surface area contributed by atoms with Crippen molar-refractivity contribution in [3.63, 3.8) is 0 Å². The Morgan fingerprint density at radius 1 is 1.14 bits per heavy atom. The van der Waals surface area contributed by atoms with Gasteiger partial charge in [-0.05, 0) is 25.0 Å². The summed E-state index contributed by atoms with van der Waals surface area (Å²) in [4.78, 5) is 22.9. The van der Waals surface area contributed by atoms with Crippen LogP contribution in [0.25, 0.3) is 0 Å². The molecule has 1 rings (SSSR count). The highest BCUT2D eigenvalue weighted by Gasteiger charge is 2.36. The van der Waals surface area contributed by atoms with Gasteiger partial charge in [-0.1, -0.05) is 13.8 Å². The predicted octanol–water partition coefficient (Wildman–Crippen LogP) is 2.87. The quantitative estimate of drug-likeness (QED) is 0.732. The maximum atomic E-state index is 13.4. The summed E-state index contributed by atoms with van der Waals surface area (Å²) in [5.41, 5.74) is -2.10. The van der Waals surface area contributed by atoms with Crippen molar-refractivity contribution in [2.24, 2.45) is 0 Å². The molecule has 0 saturated carbocycles. The lowest BCUT2D eigenvalue weighted by Crippen LogP contribution is -2.55. The molecule has 0 aromatic heterocycles. The highest BCUT2D eigenvalue weighted by atomic mass is 19.2. The number of nitrogens with one attached hydrogen (secondary N) is 2. The van der Waals surface area contributed by atoms with Crippen molar-refractivity contribution in [2.75, 3.05) is 5.32 Å². The maximum absolute atomic E-state index is 13.4. The summed E-state index contributed by atoms with van der Waals surface area (Å²) in [6.07, 6.45) is 0.207. The van der Waals surface area contributed by atoms with Crippen molar-refractivity contribution in [3.05, 3.63) is 29.6 Å². The molecule has 21 heavy (non-hydrogen) atoms. The topological polar surface area (TPSA) is 78.4 Å². The minimum absolute atomic E-state index is 0.104. The molecule has 0 bridgehead atoms. The molecule has 0 spiro atoms. The number of hydrogen-bond acceptors (Lipinski definition) is 2. The first-order chi connectivity index (χ1) is 9.77. The zero-order chi connectivity index (χ0) is 16.2. The Morgan fingerprint density at radius 2 is 1.71 bits per heavy atom. The van der Waals surface area contributed by atoms with Crippen molar-refractivity contribution in [1.82, 2.24) is 5.32 Å². The van der Waals surface area contributed by atoms with E-state index in [9.17, 15) is 22.8 Å². The van der Waals surface area contributed by atoms with Gasteiger partial charge in [-0.2, -0.15) is 0 Å². The second kappa shape index (κ2) is 6.47. The van der Waals surface area contributed by atoms with Crippen LogP contribution in [0.1, 0.15) is 26.7 Å². The SMILES string of the molecule is CCC(CC)(NC(=O)Nc1ccc(F)c(F)c1F)C(=O)O. The number of aliphatic carboxylic acids is 1. The molecule has 0 heterocycles. The Morgan fingerprint density at radius 3 is 2.19 bits per heavy atom. The van der Waals surface area contributed by atoms with E-state index in [2.05, 4.69) is 5.32 Å². The summed E-state index contributed by atoms with van der Waals surface area (Å²) in [7, 11) is 0. The van der Waals surface area contributed by atoms with Gasteiger partial charge in [0.25, 0.3) is 0 Å². The average molecular weight is 304 g/mol. The molecule has 0 radical (unpaired) electrons. The zero-order valence-electron chi connectivity index (χ0n) is 11.5. The third-order valence-electron chi connectivity index (χ3n) is 3.25. The lowest BCUT2D eigenvalue weighted by molar-refractivity contribution is -0.144. The lowest BCUT2D eigenvalue weighted by atomic mass is 9.93. The van der Waals surface area contributed by atoms with Gasteiger partial charge in [0, 0.05) is 0 Å². The van der Waals surface area contributed by atoms with Crippen molar-refractivity contribution in [3.8, 4) is 0 Å². The molecule has 0 aliphatic rings. The van der Waals surface area contributed by atoms with E-state index in [1.54, 1.807) is 13.8 Å². The first-order valence-corrected chi connectivity index (χ1v) is 6.23. The van der Waals surface area contributed by atoms with Crippen LogP contribution >= 0.6 is 0 Å². The molecule has 1 aromatic rings. The minimum Gasteiger partial charge on any atom is -0.480 e. The van der Waals surface area contributed by atoms with E-state index in [4.69, 9.17) is 5.11 Å². The number of urea groups is 1. The van der Waals surface area contributed by atoms with Crippen molar-refractivity contribution >= 4 is 17.7 Å². The van der Waals surface area contributed by atoms with Crippen LogP contribution in [0.5, 0.6) is 0 Å². The van der Waals surface area contributed by atoms with Crippen molar-refractivity contribution < 1.29 is 27.9 Å². The fourth-order valence-electron chi connectivity index (χ4n) is 1.78. The molecule has 1 aromatic carbocycles. The molecule has 0 atom stereocenters. The number of rotatable bonds is 5. The fourth-order valence-corrected chi connectivity index (χ4v) is 1.78. The minimum atomic E-state index is -1.72. The molecular weight excluding hydrogens is 289 g/mol. The van der Waals surface area contributed by atoms with Crippen LogP contribution < -0.4 is 10.6 Å². The average Bonchev–Trinajstić information content (AvgIpc) is 2.45. The summed E-state index contributed by atoms with van der Waals surface area (Å²) in [6.45, 7) is 3.13. The zero-order valence-corrected chi connectivity index (χ0v) is 11.5. The van der Waals surface area contributed by atoms with Crippen LogP contribution in [0.3, 0.4) is 0 Å². The van der Waals surface area contributed by atoms with E-state index in [1.165, 1.54) is 0 Å². The number of carbonyl (C=O) groups excluding carboxylic acids is 1. The molecule has 0 aliphatic heterocycles. The number of anilines is 1. The summed E-state index contributed by atoms with van der Waals surface area (Å²) in [5.74, 6) is -5.91. The number of carbonyl (C=O) groups is 2. The highest BCUT2D eigenvalue weighted by Crippen LogP contribution is 2.20. The van der Waals surface area contributed by atoms with Crippen LogP contribution in [0.2, 0.25) is 0 Å². The van der Waals surface area contributed by atoms with Crippen LogP contribution in [0.4, 0.5) is 23.7 Å². The van der Waals surface area contributed by atoms with E-state index >= 15 is 0 Å². The van der Waals surface area contributed by atoms with Gasteiger partial charge in [-0.3, -0.25) is 0 Å². The molecule has 3 N–H and O–H groups in total. The van der Waals surface area contributed by atoms with Crippen molar-refractivity contribution in [1.29, 1.82) is 0 Å². The highest BCUT2D eigenvalue weighted by molar-refractivity contribution is 5.94. The molecule has 2 amide bonds. The molecule has 0 aliphatic carbocycles. The number of carboxylic acids is 1. The Bertz CT molecular complexity index is 560. The van der Waals surface area contributed by atoms with E-state index in [1.807, 2.05) is 5.32 Å². The van der Waals surface area contributed by atoms with Crippen LogP contribution in [0.15, 0.2) is 12.1 Å². The standard InChI is InChI=1S/C13H15F3N2O3/c1-3-13(4-2,11(19)20)18-12(21)17-8-6-5-7(14)9(15)10(8)16/h5-6H,3-4H2,1-2H3,(H,19,20)(H2,17,18,21). The first kappa shape index (κ1) is 16.8. The number of benzene rings is 1. The van der Waals surface area contributed by atoms with Gasteiger partial charge < -0.3 is 15.7 Å². The van der Waals surface area contributed by atoms with E-state index in [-0.39, 0.29) is 12.8 Å². The molecule has 0 fully saturated rings. The lowest BCUT2D eigenvalue weighted by Gasteiger charge is -2.28. The molecule has 116 valence electrons. The smallest absolute Gasteiger partial charge is 0.329 e. The maximum Gasteiger partial charge on any atom is 0.329 e. The second-order valence-corrected chi connectivity index (χ2v) is 4.40. The van der Waals surface area contributed by atoms with E-state index in [0.29, 0.717) is 6.07 Å². The third-order valence-corrected chi connectivity index (χ3v) is 3.25. The number of hydrogen-bond donors (Lipinski definition) is 3. The van der Waals surface area contributed by atoms with Gasteiger partial charge in [0.05, 0.1) is 5.69 Å². The van der Waals surface area contributed by atoms with Gasteiger partial charge in [-0.15, -0.1) is 0 Å². The van der Waals surface area contributed by atoms with Crippen LogP contribution in [0, 0.1) is 17.5 Å². The van der Waals surface area contributed by atoms with Gasteiger partial charge in [0.15, 0.2) is 17.5 Å². The molecule has 5 nitrogen and oxygen atoms in total. The van der Waals surface area contributed by atoms with Gasteiger partial charge in [0.1, 0.15) is 5.54 Å². The normalized spacial score (nSPS) is 11.1. The largest absolute Gasteiger partial charge is 0.480 e. The van der Waals surface area contributed by atoms with E-state index < -0.39 is 40.7 Å². The second-order valence-electron chi connectivity index (χ2n) is 4.40. The van der Waals surface area contributed by atoms with Gasteiger partial charge in [-0.25, -0.2) is 22.8 Å². The summed E-state index contributed by atoms with van der Waals surface area (Å²) in [6, 6.07) is 0.470. The first-order valence-electron chi connectivity index (χ1n) is 6.23. The van der Waals surface area contributed by atoms with Crippen LogP contribution in [-0.2, 0) is 4.79 Å². The number of amides is 2. The molecule has 0 saturated heterocycles. The van der Waals surface area contributed by atoms with Gasteiger partial charge >= 0.3 is 12.0 Å². The summed E-state index contributed by atoms with van der Waals surface area (Å²) < 4.78 is 39.2. The van der Waals surface area contributed by atoms with Gasteiger partial charge in [0.2, 0.25) is 0 Å². The Balaban J connectivity index is 2.92. The predicted molar refractivity (Wildman–Crippen MR) is 69.4 cm³/mol. The Hall–Kier alpha value is -2.25. The number of halogens is 3.